The molecule has 6 nitrogen and oxygen atoms in total. The predicted octanol–water partition coefficient (Wildman–Crippen LogP) is 2.29. The van der Waals surface area contributed by atoms with Crippen molar-refractivity contribution in [2.75, 3.05) is 0 Å². The maximum atomic E-state index is 10.3. The third kappa shape index (κ3) is 1.80. The molecule has 0 aliphatic carbocycles. The number of nitro groups is 1. The van der Waals surface area contributed by atoms with E-state index in [2.05, 4.69) is 10.2 Å². The summed E-state index contributed by atoms with van der Waals surface area (Å²) in [5, 5.41) is 15.8. The van der Waals surface area contributed by atoms with Gasteiger partial charge in [-0.3, -0.25) is 10.1 Å². The van der Waals surface area contributed by atoms with Crippen molar-refractivity contribution in [1.29, 1.82) is 0 Å². The van der Waals surface area contributed by atoms with Gasteiger partial charge in [0.2, 0.25) is 0 Å². The molecular formula is C7H4ClN3O3. The number of halogens is 1. The van der Waals surface area contributed by atoms with Gasteiger partial charge in [0.15, 0.2) is 0 Å². The highest BCUT2D eigenvalue weighted by Crippen LogP contribution is 2.35. The Morgan fingerprint density at radius 1 is 1.36 bits per heavy atom. The highest BCUT2D eigenvalue weighted by Gasteiger charge is 2.40. The average Bonchev–Trinajstić information content (AvgIpc) is 2.84. The van der Waals surface area contributed by atoms with Gasteiger partial charge in [0.25, 0.3) is 5.69 Å². The first kappa shape index (κ1) is 8.89. The summed E-state index contributed by atoms with van der Waals surface area (Å²) in [5.74, 6) is 0.385. The molecule has 72 valence electrons. The lowest BCUT2D eigenvalue weighted by Crippen LogP contribution is -2.10. The molecule has 0 spiro atoms. The normalized spacial score (nSPS) is 16.4. The van der Waals surface area contributed by atoms with Gasteiger partial charge in [0.1, 0.15) is 5.75 Å². The number of alkyl halides is 1. The predicted molar refractivity (Wildman–Crippen MR) is 47.2 cm³/mol. The highest BCUT2D eigenvalue weighted by molar-refractivity contribution is 6.23. The summed E-state index contributed by atoms with van der Waals surface area (Å²) in [7, 11) is 0. The summed E-state index contributed by atoms with van der Waals surface area (Å²) in [6.07, 6.45) is 0. The topological polar surface area (TPSA) is 77.1 Å². The zero-order valence-corrected chi connectivity index (χ0v) is 7.51. The summed E-state index contributed by atoms with van der Waals surface area (Å²) < 4.78 is 5.06. The summed E-state index contributed by atoms with van der Waals surface area (Å²) in [5.41, 5.74) is -0.00866. The molecule has 1 heterocycles. The molecule has 2 rings (SSSR count). The van der Waals surface area contributed by atoms with Crippen LogP contribution in [-0.4, -0.2) is 10.2 Å². The summed E-state index contributed by atoms with van der Waals surface area (Å²) in [4.78, 5) is 9.82. The SMILES string of the molecule is O=[N+]([O-])c1ccc(OC2(Cl)N=N2)cc1. The van der Waals surface area contributed by atoms with E-state index in [0.717, 1.165) is 0 Å². The first-order chi connectivity index (χ1) is 6.59. The Hall–Kier alpha value is -1.69. The molecule has 14 heavy (non-hydrogen) atoms. The molecule has 0 fully saturated rings. The molecule has 1 aromatic carbocycles. The van der Waals surface area contributed by atoms with Gasteiger partial charge in [0, 0.05) is 12.1 Å². The number of rotatable bonds is 3. The molecule has 0 saturated heterocycles. The number of nitrogens with zero attached hydrogens (tertiary/aromatic N) is 3. The van der Waals surface area contributed by atoms with Crippen LogP contribution in [-0.2, 0) is 0 Å². The smallest absolute Gasteiger partial charge is 0.418 e. The van der Waals surface area contributed by atoms with E-state index in [0.29, 0.717) is 5.75 Å². The van der Waals surface area contributed by atoms with Gasteiger partial charge in [-0.25, -0.2) is 0 Å². The van der Waals surface area contributed by atoms with Gasteiger partial charge in [-0.15, -0.1) is 0 Å². The van der Waals surface area contributed by atoms with Crippen molar-refractivity contribution in [2.24, 2.45) is 10.2 Å². The van der Waals surface area contributed by atoms with E-state index in [1.165, 1.54) is 24.3 Å². The Balaban J connectivity index is 2.10. The quantitative estimate of drug-likeness (QED) is 0.334. The number of benzene rings is 1. The molecule has 0 N–H and O–H groups in total. The van der Waals surface area contributed by atoms with Crippen molar-refractivity contribution in [3.8, 4) is 5.75 Å². The molecule has 1 aliphatic heterocycles. The lowest BCUT2D eigenvalue weighted by atomic mass is 10.3. The largest absolute Gasteiger partial charge is 0.432 e. The second-order valence-electron chi connectivity index (χ2n) is 2.58. The second-order valence-corrected chi connectivity index (χ2v) is 3.07. The van der Waals surface area contributed by atoms with Gasteiger partial charge in [-0.2, -0.15) is 0 Å². The number of ether oxygens (including phenoxy) is 1. The van der Waals surface area contributed by atoms with E-state index in [-0.39, 0.29) is 5.69 Å². The summed E-state index contributed by atoms with van der Waals surface area (Å²) >= 11 is 5.59. The number of non-ortho nitro benzene ring substituents is 1. The molecule has 1 aliphatic rings. The Labute approximate surface area is 83.3 Å². The molecule has 7 heteroatoms. The van der Waals surface area contributed by atoms with Gasteiger partial charge < -0.3 is 4.74 Å². The van der Waals surface area contributed by atoms with Crippen LogP contribution >= 0.6 is 11.6 Å². The molecule has 0 amide bonds. The third-order valence-electron chi connectivity index (χ3n) is 1.55. The lowest BCUT2D eigenvalue weighted by Gasteiger charge is -2.04. The van der Waals surface area contributed by atoms with Crippen LogP contribution in [0.25, 0.3) is 0 Å². The summed E-state index contributed by atoms with van der Waals surface area (Å²) in [6.45, 7) is 0. The molecule has 0 unspecified atom stereocenters. The Bertz CT molecular complexity index is 397. The van der Waals surface area contributed by atoms with E-state index >= 15 is 0 Å². The second kappa shape index (κ2) is 2.91. The Morgan fingerprint density at radius 2 is 1.93 bits per heavy atom. The lowest BCUT2D eigenvalue weighted by molar-refractivity contribution is -0.384. The zero-order chi connectivity index (χ0) is 10.2. The van der Waals surface area contributed by atoms with Crippen molar-refractivity contribution < 1.29 is 9.66 Å². The van der Waals surface area contributed by atoms with Crippen LogP contribution in [0.15, 0.2) is 34.5 Å². The molecular weight excluding hydrogens is 210 g/mol. The molecule has 0 aromatic heterocycles. The minimum atomic E-state index is -1.31. The minimum Gasteiger partial charge on any atom is -0.432 e. The summed E-state index contributed by atoms with van der Waals surface area (Å²) in [6, 6.07) is 5.51. The third-order valence-corrected chi connectivity index (χ3v) is 1.78. The molecule has 0 radical (unpaired) electrons. The van der Waals surface area contributed by atoms with Gasteiger partial charge in [0.05, 0.1) is 4.92 Å². The Morgan fingerprint density at radius 3 is 2.36 bits per heavy atom. The van der Waals surface area contributed by atoms with Crippen LogP contribution in [0, 0.1) is 10.1 Å². The van der Waals surface area contributed by atoms with E-state index in [1.807, 2.05) is 0 Å². The molecule has 1 aromatic rings. The first-order valence-corrected chi connectivity index (χ1v) is 4.03. The number of hydrogen-bond donors (Lipinski definition) is 0. The van der Waals surface area contributed by atoms with Gasteiger partial charge in [-0.1, -0.05) is 10.2 Å². The maximum Gasteiger partial charge on any atom is 0.418 e. The monoisotopic (exact) mass is 213 g/mol. The highest BCUT2D eigenvalue weighted by atomic mass is 35.5. The molecule has 0 atom stereocenters. The zero-order valence-electron chi connectivity index (χ0n) is 6.75. The number of nitro benzene ring substituents is 1. The van der Waals surface area contributed by atoms with Crippen molar-refractivity contribution in [1.82, 2.24) is 0 Å². The van der Waals surface area contributed by atoms with Crippen molar-refractivity contribution in [3.05, 3.63) is 34.4 Å². The fourth-order valence-electron chi connectivity index (χ4n) is 0.866. The fraction of sp³-hybridized carbons (Fsp3) is 0.143. The fourth-order valence-corrected chi connectivity index (χ4v) is 0.993. The standard InChI is InChI=1S/C7H4ClN3O3/c8-7(9-10-7)14-6-3-1-5(2-4-6)11(12)13/h1-4H. The van der Waals surface area contributed by atoms with E-state index in [4.69, 9.17) is 16.3 Å². The minimum absolute atomic E-state index is 0.00866. The van der Waals surface area contributed by atoms with Crippen molar-refractivity contribution >= 4 is 17.3 Å². The first-order valence-electron chi connectivity index (χ1n) is 3.65. The van der Waals surface area contributed by atoms with E-state index in [1.54, 1.807) is 0 Å². The number of hydrogen-bond acceptors (Lipinski definition) is 5. The van der Waals surface area contributed by atoms with E-state index < -0.39 is 10.2 Å². The average molecular weight is 214 g/mol. The van der Waals surface area contributed by atoms with Crippen LogP contribution in [0.2, 0.25) is 0 Å². The van der Waals surface area contributed by atoms with Crippen LogP contribution in [0.4, 0.5) is 5.69 Å². The van der Waals surface area contributed by atoms with Crippen LogP contribution in [0.5, 0.6) is 5.75 Å². The van der Waals surface area contributed by atoms with Crippen LogP contribution in [0.3, 0.4) is 0 Å². The van der Waals surface area contributed by atoms with Gasteiger partial charge in [-0.05, 0) is 23.7 Å². The van der Waals surface area contributed by atoms with Crippen LogP contribution < -0.4 is 4.74 Å². The van der Waals surface area contributed by atoms with Crippen molar-refractivity contribution in [3.63, 3.8) is 0 Å². The molecule has 0 saturated carbocycles. The Kier molecular flexibility index (Phi) is 1.85. The van der Waals surface area contributed by atoms with E-state index in [9.17, 15) is 10.1 Å². The van der Waals surface area contributed by atoms with Crippen molar-refractivity contribution in [2.45, 2.75) is 5.31 Å². The maximum absolute atomic E-state index is 10.3. The van der Waals surface area contributed by atoms with Crippen LogP contribution in [0.1, 0.15) is 0 Å². The van der Waals surface area contributed by atoms with Gasteiger partial charge >= 0.3 is 5.31 Å². The molecule has 0 bridgehead atoms.